The molecule has 0 unspecified atom stereocenters. The molecule has 0 aromatic heterocycles. The zero-order valence-electron chi connectivity index (χ0n) is 17.1. The number of thioether (sulfide) groups is 1. The fourth-order valence-electron chi connectivity index (χ4n) is 1.88. The fraction of sp³-hybridized carbons (Fsp3) is 0.579. The van der Waals surface area contributed by atoms with Gasteiger partial charge in [-0.3, -0.25) is 9.59 Å². The summed E-state index contributed by atoms with van der Waals surface area (Å²) < 4.78 is 29.3. The van der Waals surface area contributed by atoms with Crippen molar-refractivity contribution in [3.63, 3.8) is 0 Å². The predicted octanol–water partition coefficient (Wildman–Crippen LogP) is 1.23. The third-order valence-corrected chi connectivity index (χ3v) is 4.89. The van der Waals surface area contributed by atoms with Gasteiger partial charge < -0.3 is 28.6 Å². The first kappa shape index (κ1) is 29.0. The zero-order valence-corrected chi connectivity index (χ0v) is 18.7. The molecule has 0 aliphatic rings. The van der Waals surface area contributed by atoms with Gasteiger partial charge in [-0.1, -0.05) is 13.2 Å². The zero-order chi connectivity index (χ0) is 23.5. The Hall–Kier alpha value is -2.02. The van der Waals surface area contributed by atoms with Crippen LogP contribution >= 0.6 is 23.8 Å². The molecule has 0 aromatic rings. The van der Waals surface area contributed by atoms with Crippen molar-refractivity contribution in [2.24, 2.45) is 5.41 Å². The van der Waals surface area contributed by atoms with E-state index < -0.39 is 42.5 Å². The average Bonchev–Trinajstić information content (AvgIpc) is 2.78. The molecule has 0 radical (unpaired) electrons. The van der Waals surface area contributed by atoms with Crippen LogP contribution in [0.2, 0.25) is 0 Å². The molecule has 0 saturated heterocycles. The number of rotatable bonds is 18. The average molecular weight is 481 g/mol. The third kappa shape index (κ3) is 14.6. The van der Waals surface area contributed by atoms with Gasteiger partial charge in [-0.05, 0) is 12.0 Å². The Bertz CT molecular complexity index is 584. The number of ether oxygens (including phenoxy) is 4. The van der Waals surface area contributed by atoms with Gasteiger partial charge in [-0.15, -0.1) is 0 Å². The van der Waals surface area contributed by atoms with Gasteiger partial charge in [-0.2, -0.15) is 11.8 Å². The number of esters is 4. The number of carbonyl (C=O) groups excluding carboxylic acids is 4. The lowest BCUT2D eigenvalue weighted by molar-refractivity contribution is -0.167. The Kier molecular flexibility index (Phi) is 16.5. The van der Waals surface area contributed by atoms with E-state index in [0.717, 1.165) is 12.2 Å². The maximum absolute atomic E-state index is 12.0. The third-order valence-electron chi connectivity index (χ3n) is 3.54. The quantitative estimate of drug-likeness (QED) is 0.0956. The van der Waals surface area contributed by atoms with Crippen LogP contribution < -0.4 is 0 Å². The Morgan fingerprint density at radius 3 is 1.65 bits per heavy atom. The highest BCUT2D eigenvalue weighted by molar-refractivity contribution is 7.99. The summed E-state index contributed by atoms with van der Waals surface area (Å²) in [6.07, 6.45) is 1.83. The molecule has 31 heavy (non-hydrogen) atoms. The first-order valence-electron chi connectivity index (χ1n) is 9.17. The molecule has 0 heterocycles. The molecule has 0 rings (SSSR count). The van der Waals surface area contributed by atoms with Crippen molar-refractivity contribution in [2.75, 3.05) is 50.3 Å². The minimum Gasteiger partial charge on any atom is -0.465 e. The molecular formula is C19H28O10S2. The lowest BCUT2D eigenvalue weighted by atomic mass is 9.92. The largest absolute Gasteiger partial charge is 0.465 e. The molecule has 0 aliphatic carbocycles. The van der Waals surface area contributed by atoms with Crippen LogP contribution in [0.15, 0.2) is 25.3 Å². The van der Waals surface area contributed by atoms with Crippen molar-refractivity contribution in [1.82, 2.24) is 0 Å². The van der Waals surface area contributed by atoms with Crippen molar-refractivity contribution in [1.29, 1.82) is 0 Å². The topological polar surface area (TPSA) is 146 Å². The lowest BCUT2D eigenvalue weighted by Gasteiger charge is -2.31. The first-order valence-corrected chi connectivity index (χ1v) is 11.3. The standard InChI is InChI=1S/C19H28O10S2/c1-3-15(21)26-11-19(12-27-16(22)4-2,14-29-18(24)6-9-31-25)13-28-17(23)5-8-30-10-7-20/h3-4,20,25H,1-2,5-14H2. The van der Waals surface area contributed by atoms with Gasteiger partial charge in [-0.25, -0.2) is 9.59 Å². The molecule has 0 atom stereocenters. The molecule has 0 fully saturated rings. The van der Waals surface area contributed by atoms with E-state index in [4.69, 9.17) is 28.6 Å². The molecule has 10 nitrogen and oxygen atoms in total. The second-order valence-corrected chi connectivity index (χ2v) is 8.01. The van der Waals surface area contributed by atoms with Gasteiger partial charge >= 0.3 is 23.9 Å². The van der Waals surface area contributed by atoms with Gasteiger partial charge in [0.05, 0.1) is 19.4 Å². The van der Waals surface area contributed by atoms with E-state index in [-0.39, 0.29) is 38.4 Å². The first-order chi connectivity index (χ1) is 14.8. The van der Waals surface area contributed by atoms with E-state index >= 15 is 0 Å². The summed E-state index contributed by atoms with van der Waals surface area (Å²) in [6.45, 7) is 5.03. The molecule has 0 amide bonds. The van der Waals surface area contributed by atoms with E-state index in [9.17, 15) is 19.2 Å². The number of hydrogen-bond acceptors (Lipinski definition) is 12. The van der Waals surface area contributed by atoms with E-state index in [0.29, 0.717) is 23.5 Å². The van der Waals surface area contributed by atoms with E-state index in [1.54, 1.807) is 0 Å². The number of carbonyl (C=O) groups is 4. The van der Waals surface area contributed by atoms with Crippen LogP contribution in [-0.2, 0) is 38.1 Å². The van der Waals surface area contributed by atoms with Crippen molar-refractivity contribution < 1.29 is 47.8 Å². The lowest BCUT2D eigenvalue weighted by Crippen LogP contribution is -2.43. The summed E-state index contributed by atoms with van der Waals surface area (Å²) in [5.74, 6) is -1.73. The minimum absolute atomic E-state index is 0.00762. The van der Waals surface area contributed by atoms with Gasteiger partial charge in [0.2, 0.25) is 0 Å². The van der Waals surface area contributed by atoms with E-state index in [2.05, 4.69) is 13.2 Å². The number of hydrogen-bond donors (Lipinski definition) is 2. The van der Waals surface area contributed by atoms with Crippen molar-refractivity contribution >= 4 is 47.7 Å². The van der Waals surface area contributed by atoms with Crippen molar-refractivity contribution in [2.45, 2.75) is 12.8 Å². The summed E-state index contributed by atoms with van der Waals surface area (Å²) in [5, 5.41) is 8.76. The van der Waals surface area contributed by atoms with Crippen LogP contribution in [0.5, 0.6) is 0 Å². The summed E-state index contributed by atoms with van der Waals surface area (Å²) >= 11 is 1.84. The maximum atomic E-state index is 12.0. The Morgan fingerprint density at radius 2 is 1.23 bits per heavy atom. The summed E-state index contributed by atoms with van der Waals surface area (Å²) in [5.41, 5.74) is -1.37. The monoisotopic (exact) mass is 480 g/mol. The Balaban J connectivity index is 5.26. The van der Waals surface area contributed by atoms with Crippen LogP contribution in [0.4, 0.5) is 0 Å². The second-order valence-electron chi connectivity index (χ2n) is 6.11. The highest BCUT2D eigenvalue weighted by Crippen LogP contribution is 2.22. The van der Waals surface area contributed by atoms with Gasteiger partial charge in [0.1, 0.15) is 31.8 Å². The molecule has 0 aromatic carbocycles. The Morgan fingerprint density at radius 1 is 0.774 bits per heavy atom. The van der Waals surface area contributed by atoms with Crippen LogP contribution in [0.25, 0.3) is 0 Å². The van der Waals surface area contributed by atoms with Crippen LogP contribution in [0, 0.1) is 5.41 Å². The molecule has 12 heteroatoms. The van der Waals surface area contributed by atoms with Gasteiger partial charge in [0.25, 0.3) is 0 Å². The smallest absolute Gasteiger partial charge is 0.330 e. The molecule has 176 valence electrons. The fourth-order valence-corrected chi connectivity index (χ4v) is 2.78. The van der Waals surface area contributed by atoms with Gasteiger partial charge in [0, 0.05) is 29.4 Å². The molecular weight excluding hydrogens is 452 g/mol. The molecule has 2 N–H and O–H groups in total. The minimum atomic E-state index is -1.37. The molecule has 0 aliphatic heterocycles. The second kappa shape index (κ2) is 17.6. The molecule has 0 spiro atoms. The number of aliphatic hydroxyl groups is 1. The highest BCUT2D eigenvalue weighted by atomic mass is 32.2. The summed E-state index contributed by atoms with van der Waals surface area (Å²) in [7, 11) is 0. The highest BCUT2D eigenvalue weighted by Gasteiger charge is 2.37. The van der Waals surface area contributed by atoms with E-state index in [1.165, 1.54) is 11.8 Å². The maximum Gasteiger partial charge on any atom is 0.330 e. The van der Waals surface area contributed by atoms with Crippen molar-refractivity contribution in [3.8, 4) is 0 Å². The summed E-state index contributed by atoms with van der Waals surface area (Å²) in [4.78, 5) is 47.0. The SMILES string of the molecule is C=CC(=O)OCC(COC(=O)C=C)(COC(=O)CCSO)COC(=O)CCSCCO. The number of aliphatic hydroxyl groups excluding tert-OH is 1. The normalized spacial score (nSPS) is 10.6. The Labute approximate surface area is 189 Å². The van der Waals surface area contributed by atoms with Gasteiger partial charge in [0.15, 0.2) is 0 Å². The van der Waals surface area contributed by atoms with Crippen LogP contribution in [0.1, 0.15) is 12.8 Å². The predicted molar refractivity (Wildman–Crippen MR) is 115 cm³/mol. The van der Waals surface area contributed by atoms with E-state index in [1.807, 2.05) is 0 Å². The van der Waals surface area contributed by atoms with Crippen LogP contribution in [0.3, 0.4) is 0 Å². The summed E-state index contributed by atoms with van der Waals surface area (Å²) in [6, 6.07) is 0. The van der Waals surface area contributed by atoms with Crippen molar-refractivity contribution in [3.05, 3.63) is 25.3 Å². The molecule has 0 saturated carbocycles. The molecule has 0 bridgehead atoms. The van der Waals surface area contributed by atoms with Crippen LogP contribution in [-0.4, -0.2) is 83.8 Å².